The molecule has 3 heteroatoms. The maximum atomic E-state index is 12.4. The van der Waals surface area contributed by atoms with Crippen LogP contribution in [0.15, 0.2) is 70.1 Å². The quantitative estimate of drug-likeness (QED) is 0.759. The van der Waals surface area contributed by atoms with Crippen molar-refractivity contribution in [3.63, 3.8) is 0 Å². The third-order valence-electron chi connectivity index (χ3n) is 3.28. The Bertz CT molecular complexity index is 762. The largest absolute Gasteiger partial charge is 0.464 e. The van der Waals surface area contributed by atoms with Crippen LogP contribution in [-0.4, -0.2) is 0 Å². The van der Waals surface area contributed by atoms with Gasteiger partial charge in [-0.2, -0.15) is 0 Å². The number of fused-ring (bicyclic) bond motifs is 1. The average molecular weight is 252 g/mol. The first-order valence-electron chi connectivity index (χ1n) is 6.16. The molecule has 0 aliphatic rings. The third-order valence-corrected chi connectivity index (χ3v) is 3.28. The molecule has 3 N–H and O–H groups in total. The first kappa shape index (κ1) is 11.7. The van der Waals surface area contributed by atoms with Crippen molar-refractivity contribution < 1.29 is 10.2 Å². The summed E-state index contributed by atoms with van der Waals surface area (Å²) in [7, 11) is 0. The maximum absolute atomic E-state index is 12.4. The molecular weight excluding hydrogens is 238 g/mol. The van der Waals surface area contributed by atoms with Crippen molar-refractivity contribution in [3.8, 4) is 0 Å². The molecule has 1 atom stereocenters. The highest BCUT2D eigenvalue weighted by Gasteiger charge is 2.18. The second kappa shape index (κ2) is 4.71. The number of hydrogen-bond acceptors (Lipinski definition) is 2. The van der Waals surface area contributed by atoms with Crippen LogP contribution in [0.25, 0.3) is 11.0 Å². The minimum atomic E-state index is -0.220. The van der Waals surface area contributed by atoms with E-state index in [2.05, 4.69) is 5.73 Å². The lowest BCUT2D eigenvalue weighted by Crippen LogP contribution is -2.55. The van der Waals surface area contributed by atoms with Crippen LogP contribution >= 0.6 is 0 Å². The van der Waals surface area contributed by atoms with E-state index < -0.39 is 0 Å². The first-order valence-corrected chi connectivity index (χ1v) is 6.16. The Morgan fingerprint density at radius 2 is 1.63 bits per heavy atom. The highest BCUT2D eigenvalue weighted by atomic mass is 16.3. The number of hydrogen-bond donors (Lipinski definition) is 1. The molecule has 0 spiro atoms. The minimum Gasteiger partial charge on any atom is -0.464 e. The summed E-state index contributed by atoms with van der Waals surface area (Å²) in [5, 5.41) is 0.601. The van der Waals surface area contributed by atoms with Crippen molar-refractivity contribution in [1.29, 1.82) is 0 Å². The Balaban J connectivity index is 2.16. The number of benzene rings is 2. The van der Waals surface area contributed by atoms with E-state index in [1.165, 1.54) is 6.26 Å². The average Bonchev–Trinajstić information content (AvgIpc) is 2.48. The Kier molecular flexibility index (Phi) is 2.89. The number of para-hydroxylation sites is 1. The predicted molar refractivity (Wildman–Crippen MR) is 73.7 cm³/mol. The molecule has 1 aromatic heterocycles. The van der Waals surface area contributed by atoms with Crippen molar-refractivity contribution in [1.82, 2.24) is 0 Å². The SMILES string of the molecule is [NH3+]C(c1ccccc1)c1coc2ccccc2c1=O. The highest BCUT2D eigenvalue weighted by molar-refractivity contribution is 5.76. The lowest BCUT2D eigenvalue weighted by atomic mass is 10.00. The van der Waals surface area contributed by atoms with Gasteiger partial charge in [-0.3, -0.25) is 4.79 Å². The van der Waals surface area contributed by atoms with Gasteiger partial charge in [-0.15, -0.1) is 0 Å². The monoisotopic (exact) mass is 252 g/mol. The molecule has 3 aromatic rings. The fraction of sp³-hybridized carbons (Fsp3) is 0.0625. The summed E-state index contributed by atoms with van der Waals surface area (Å²) in [6, 6.07) is 16.8. The molecule has 1 heterocycles. The Morgan fingerprint density at radius 3 is 2.42 bits per heavy atom. The fourth-order valence-corrected chi connectivity index (χ4v) is 2.20. The van der Waals surface area contributed by atoms with Gasteiger partial charge in [-0.05, 0) is 12.1 Å². The zero-order valence-corrected chi connectivity index (χ0v) is 10.4. The normalized spacial score (nSPS) is 12.5. The molecule has 3 nitrogen and oxygen atoms in total. The standard InChI is InChI=1S/C16H13NO2/c17-15(11-6-2-1-3-7-11)13-10-19-14-9-5-4-8-12(14)16(13)18/h1-10,15H,17H2/p+1. The van der Waals surface area contributed by atoms with Gasteiger partial charge >= 0.3 is 0 Å². The first-order chi connectivity index (χ1) is 9.27. The predicted octanol–water partition coefficient (Wildman–Crippen LogP) is 2.12. The summed E-state index contributed by atoms with van der Waals surface area (Å²) >= 11 is 0. The summed E-state index contributed by atoms with van der Waals surface area (Å²) in [6.45, 7) is 0. The van der Waals surface area contributed by atoms with Gasteiger partial charge in [0, 0.05) is 5.56 Å². The molecule has 0 amide bonds. The van der Waals surface area contributed by atoms with Gasteiger partial charge in [0.15, 0.2) is 0 Å². The van der Waals surface area contributed by atoms with Crippen molar-refractivity contribution in [2.45, 2.75) is 6.04 Å². The molecule has 2 aromatic carbocycles. The van der Waals surface area contributed by atoms with Crippen molar-refractivity contribution in [2.75, 3.05) is 0 Å². The minimum absolute atomic E-state index is 0.00861. The lowest BCUT2D eigenvalue weighted by molar-refractivity contribution is -0.412. The van der Waals surface area contributed by atoms with E-state index in [9.17, 15) is 4.79 Å². The molecule has 0 saturated heterocycles. The molecule has 0 aliphatic heterocycles. The van der Waals surface area contributed by atoms with Crippen molar-refractivity contribution in [2.24, 2.45) is 0 Å². The Hall–Kier alpha value is -2.39. The zero-order valence-electron chi connectivity index (χ0n) is 10.4. The lowest BCUT2D eigenvalue weighted by Gasteiger charge is -2.08. The van der Waals surface area contributed by atoms with Gasteiger partial charge in [0.25, 0.3) is 0 Å². The van der Waals surface area contributed by atoms with E-state index in [-0.39, 0.29) is 11.5 Å². The summed E-state index contributed by atoms with van der Waals surface area (Å²) < 4.78 is 5.53. The fourth-order valence-electron chi connectivity index (χ4n) is 2.20. The Labute approximate surface area is 110 Å². The molecule has 0 aliphatic carbocycles. The topological polar surface area (TPSA) is 57.9 Å². The summed E-state index contributed by atoms with van der Waals surface area (Å²) in [5.41, 5.74) is 6.28. The van der Waals surface area contributed by atoms with E-state index >= 15 is 0 Å². The molecule has 0 radical (unpaired) electrons. The number of rotatable bonds is 2. The van der Waals surface area contributed by atoms with Crippen molar-refractivity contribution >= 4 is 11.0 Å². The Morgan fingerprint density at radius 1 is 0.947 bits per heavy atom. The number of quaternary nitrogens is 1. The molecule has 0 bridgehead atoms. The van der Waals surface area contributed by atoms with E-state index in [1.807, 2.05) is 42.5 Å². The third kappa shape index (κ3) is 2.04. The van der Waals surface area contributed by atoms with Gasteiger partial charge in [0.2, 0.25) is 5.43 Å². The highest BCUT2D eigenvalue weighted by Crippen LogP contribution is 2.18. The van der Waals surface area contributed by atoms with Crippen LogP contribution in [0.4, 0.5) is 0 Å². The summed E-state index contributed by atoms with van der Waals surface area (Å²) in [4.78, 5) is 12.4. The molecule has 3 rings (SSSR count). The van der Waals surface area contributed by atoms with E-state index in [0.29, 0.717) is 16.5 Å². The summed E-state index contributed by atoms with van der Waals surface area (Å²) in [6.07, 6.45) is 1.52. The van der Waals surface area contributed by atoms with Crippen LogP contribution in [0.1, 0.15) is 17.2 Å². The smallest absolute Gasteiger partial charge is 0.202 e. The van der Waals surface area contributed by atoms with Crippen molar-refractivity contribution in [3.05, 3.63) is 82.2 Å². The summed E-state index contributed by atoms with van der Waals surface area (Å²) in [5.74, 6) is 0. The zero-order chi connectivity index (χ0) is 13.2. The van der Waals surface area contributed by atoms with Gasteiger partial charge in [0.1, 0.15) is 17.9 Å². The van der Waals surface area contributed by atoms with E-state index in [4.69, 9.17) is 4.42 Å². The molecule has 1 unspecified atom stereocenters. The van der Waals surface area contributed by atoms with Gasteiger partial charge < -0.3 is 10.2 Å². The van der Waals surface area contributed by atoms with Crippen LogP contribution in [0.5, 0.6) is 0 Å². The van der Waals surface area contributed by atoms with Gasteiger partial charge in [-0.1, -0.05) is 42.5 Å². The second-order valence-corrected chi connectivity index (χ2v) is 4.48. The molecule has 0 fully saturated rings. The van der Waals surface area contributed by atoms with Crippen LogP contribution in [0.3, 0.4) is 0 Å². The van der Waals surface area contributed by atoms with E-state index in [1.54, 1.807) is 12.1 Å². The van der Waals surface area contributed by atoms with Crippen LogP contribution in [0, 0.1) is 0 Å². The molecular formula is C16H14NO2+. The van der Waals surface area contributed by atoms with Gasteiger partial charge in [0.05, 0.1) is 10.9 Å². The van der Waals surface area contributed by atoms with Crippen LogP contribution in [-0.2, 0) is 0 Å². The van der Waals surface area contributed by atoms with E-state index in [0.717, 1.165) is 5.56 Å². The molecule has 0 saturated carbocycles. The maximum Gasteiger partial charge on any atom is 0.202 e. The van der Waals surface area contributed by atoms with Crippen LogP contribution < -0.4 is 11.2 Å². The van der Waals surface area contributed by atoms with Crippen LogP contribution in [0.2, 0.25) is 0 Å². The molecule has 19 heavy (non-hydrogen) atoms. The van der Waals surface area contributed by atoms with Gasteiger partial charge in [-0.25, -0.2) is 0 Å². The second-order valence-electron chi connectivity index (χ2n) is 4.48. The molecule has 94 valence electrons.